The van der Waals surface area contributed by atoms with Gasteiger partial charge in [0.2, 0.25) is 0 Å². The molecule has 1 aliphatic rings. The summed E-state index contributed by atoms with van der Waals surface area (Å²) in [5.41, 5.74) is 1.45. The van der Waals surface area contributed by atoms with Gasteiger partial charge in [-0.1, -0.05) is 37.3 Å². The molecule has 1 aliphatic heterocycles. The summed E-state index contributed by atoms with van der Waals surface area (Å²) in [4.78, 5) is 2.65. The Morgan fingerprint density at radius 1 is 1.28 bits per heavy atom. The SMILES string of the molecule is CCCN1CC(Cc2ccccc2)NCCC1C. The Morgan fingerprint density at radius 3 is 2.78 bits per heavy atom. The lowest BCUT2D eigenvalue weighted by Gasteiger charge is -2.28. The quantitative estimate of drug-likeness (QED) is 0.878. The summed E-state index contributed by atoms with van der Waals surface area (Å²) in [5.74, 6) is 0. The van der Waals surface area contributed by atoms with Gasteiger partial charge in [-0.3, -0.25) is 4.90 Å². The third kappa shape index (κ3) is 3.82. The summed E-state index contributed by atoms with van der Waals surface area (Å²) < 4.78 is 0. The maximum atomic E-state index is 3.71. The van der Waals surface area contributed by atoms with Gasteiger partial charge in [0.15, 0.2) is 0 Å². The fourth-order valence-corrected chi connectivity index (χ4v) is 2.84. The van der Waals surface area contributed by atoms with E-state index in [0.717, 1.165) is 19.0 Å². The highest BCUT2D eigenvalue weighted by Crippen LogP contribution is 2.12. The standard InChI is InChI=1S/C16H26N2/c1-3-11-18-13-16(17-10-9-14(18)2)12-15-7-5-4-6-8-15/h4-8,14,16-17H,3,9-13H2,1-2H3. The Labute approximate surface area is 111 Å². The second-order valence-corrected chi connectivity index (χ2v) is 5.47. The normalized spacial score (nSPS) is 25.9. The van der Waals surface area contributed by atoms with Crippen molar-refractivity contribution in [3.8, 4) is 0 Å². The molecule has 1 saturated heterocycles. The summed E-state index contributed by atoms with van der Waals surface area (Å²) in [6, 6.07) is 12.2. The topological polar surface area (TPSA) is 15.3 Å². The zero-order valence-electron chi connectivity index (χ0n) is 11.7. The van der Waals surface area contributed by atoms with Gasteiger partial charge in [0, 0.05) is 18.6 Å². The van der Waals surface area contributed by atoms with Crippen molar-refractivity contribution in [3.63, 3.8) is 0 Å². The predicted molar refractivity (Wildman–Crippen MR) is 77.9 cm³/mol. The molecule has 2 unspecified atom stereocenters. The van der Waals surface area contributed by atoms with E-state index >= 15 is 0 Å². The fraction of sp³-hybridized carbons (Fsp3) is 0.625. The molecule has 100 valence electrons. The van der Waals surface area contributed by atoms with E-state index in [4.69, 9.17) is 0 Å². The van der Waals surface area contributed by atoms with E-state index in [2.05, 4.69) is 54.4 Å². The molecule has 0 spiro atoms. The molecule has 1 N–H and O–H groups in total. The first-order chi connectivity index (χ1) is 8.79. The van der Waals surface area contributed by atoms with Gasteiger partial charge >= 0.3 is 0 Å². The molecule has 0 radical (unpaired) electrons. The lowest BCUT2D eigenvalue weighted by molar-refractivity contribution is 0.204. The average Bonchev–Trinajstić information content (AvgIpc) is 2.54. The van der Waals surface area contributed by atoms with E-state index in [0.29, 0.717) is 6.04 Å². The molecule has 1 aromatic carbocycles. The number of nitrogens with one attached hydrogen (secondary N) is 1. The van der Waals surface area contributed by atoms with Crippen LogP contribution < -0.4 is 5.32 Å². The molecular formula is C16H26N2. The molecule has 0 saturated carbocycles. The number of benzene rings is 1. The maximum Gasteiger partial charge on any atom is 0.0235 e. The zero-order valence-corrected chi connectivity index (χ0v) is 11.7. The number of rotatable bonds is 4. The summed E-state index contributed by atoms with van der Waals surface area (Å²) in [6.45, 7) is 8.20. The van der Waals surface area contributed by atoms with Crippen LogP contribution in [0.25, 0.3) is 0 Å². The van der Waals surface area contributed by atoms with Gasteiger partial charge < -0.3 is 5.32 Å². The van der Waals surface area contributed by atoms with Gasteiger partial charge in [0.25, 0.3) is 0 Å². The van der Waals surface area contributed by atoms with Gasteiger partial charge in [-0.15, -0.1) is 0 Å². The molecule has 18 heavy (non-hydrogen) atoms. The Kier molecular flexibility index (Phi) is 5.21. The highest BCUT2D eigenvalue weighted by Gasteiger charge is 2.21. The third-order valence-corrected chi connectivity index (χ3v) is 3.91. The summed E-state index contributed by atoms with van der Waals surface area (Å²) >= 11 is 0. The van der Waals surface area contributed by atoms with Crippen LogP contribution in [0.15, 0.2) is 30.3 Å². The molecule has 1 heterocycles. The monoisotopic (exact) mass is 246 g/mol. The molecule has 2 rings (SSSR count). The molecule has 2 heteroatoms. The molecule has 1 aromatic rings. The van der Waals surface area contributed by atoms with Crippen molar-refractivity contribution in [2.24, 2.45) is 0 Å². The van der Waals surface area contributed by atoms with Crippen molar-refractivity contribution in [3.05, 3.63) is 35.9 Å². The van der Waals surface area contributed by atoms with Crippen LogP contribution in [-0.2, 0) is 6.42 Å². The van der Waals surface area contributed by atoms with Crippen LogP contribution in [0.5, 0.6) is 0 Å². The average molecular weight is 246 g/mol. The fourth-order valence-electron chi connectivity index (χ4n) is 2.84. The molecular weight excluding hydrogens is 220 g/mol. The largest absolute Gasteiger partial charge is 0.312 e. The smallest absolute Gasteiger partial charge is 0.0235 e. The van der Waals surface area contributed by atoms with Crippen LogP contribution in [0, 0.1) is 0 Å². The number of hydrogen-bond donors (Lipinski definition) is 1. The summed E-state index contributed by atoms with van der Waals surface area (Å²) in [7, 11) is 0. The summed E-state index contributed by atoms with van der Waals surface area (Å²) in [5, 5.41) is 3.71. The van der Waals surface area contributed by atoms with E-state index < -0.39 is 0 Å². The van der Waals surface area contributed by atoms with Crippen molar-refractivity contribution in [1.29, 1.82) is 0 Å². The first-order valence-electron chi connectivity index (χ1n) is 7.31. The first kappa shape index (κ1) is 13.6. The van der Waals surface area contributed by atoms with E-state index in [-0.39, 0.29) is 0 Å². The zero-order chi connectivity index (χ0) is 12.8. The number of hydrogen-bond acceptors (Lipinski definition) is 2. The Bertz CT molecular complexity index is 336. The van der Waals surface area contributed by atoms with Crippen LogP contribution in [0.1, 0.15) is 32.3 Å². The molecule has 0 amide bonds. The first-order valence-corrected chi connectivity index (χ1v) is 7.31. The van der Waals surface area contributed by atoms with E-state index in [9.17, 15) is 0 Å². The van der Waals surface area contributed by atoms with Gasteiger partial charge in [0.1, 0.15) is 0 Å². The molecule has 1 fully saturated rings. The van der Waals surface area contributed by atoms with Crippen LogP contribution in [0.3, 0.4) is 0 Å². The maximum absolute atomic E-state index is 3.71. The lowest BCUT2D eigenvalue weighted by atomic mass is 10.1. The highest BCUT2D eigenvalue weighted by molar-refractivity contribution is 5.16. The molecule has 0 bridgehead atoms. The molecule has 2 atom stereocenters. The molecule has 2 nitrogen and oxygen atoms in total. The Hall–Kier alpha value is -0.860. The van der Waals surface area contributed by atoms with E-state index in [1.807, 2.05) is 0 Å². The minimum Gasteiger partial charge on any atom is -0.312 e. The second kappa shape index (κ2) is 6.91. The van der Waals surface area contributed by atoms with Crippen molar-refractivity contribution < 1.29 is 0 Å². The van der Waals surface area contributed by atoms with E-state index in [1.54, 1.807) is 0 Å². The van der Waals surface area contributed by atoms with Gasteiger partial charge in [-0.05, 0) is 44.8 Å². The van der Waals surface area contributed by atoms with Gasteiger partial charge in [-0.25, -0.2) is 0 Å². The Balaban J connectivity index is 1.95. The van der Waals surface area contributed by atoms with Gasteiger partial charge in [-0.2, -0.15) is 0 Å². The van der Waals surface area contributed by atoms with Crippen molar-refractivity contribution >= 4 is 0 Å². The molecule has 0 aromatic heterocycles. The summed E-state index contributed by atoms with van der Waals surface area (Å²) in [6.07, 6.45) is 3.67. The van der Waals surface area contributed by atoms with Crippen molar-refractivity contribution in [2.45, 2.75) is 45.2 Å². The minimum absolute atomic E-state index is 0.601. The van der Waals surface area contributed by atoms with Crippen LogP contribution >= 0.6 is 0 Å². The van der Waals surface area contributed by atoms with Gasteiger partial charge in [0.05, 0.1) is 0 Å². The van der Waals surface area contributed by atoms with E-state index in [1.165, 1.54) is 31.5 Å². The van der Waals surface area contributed by atoms with Crippen molar-refractivity contribution in [2.75, 3.05) is 19.6 Å². The van der Waals surface area contributed by atoms with Crippen LogP contribution in [-0.4, -0.2) is 36.6 Å². The van der Waals surface area contributed by atoms with Crippen LogP contribution in [0.2, 0.25) is 0 Å². The minimum atomic E-state index is 0.601. The lowest BCUT2D eigenvalue weighted by Crippen LogP contribution is -2.41. The third-order valence-electron chi connectivity index (χ3n) is 3.91. The highest BCUT2D eigenvalue weighted by atomic mass is 15.2. The number of nitrogens with zero attached hydrogens (tertiary/aromatic N) is 1. The van der Waals surface area contributed by atoms with Crippen LogP contribution in [0.4, 0.5) is 0 Å². The second-order valence-electron chi connectivity index (χ2n) is 5.47. The van der Waals surface area contributed by atoms with Crippen molar-refractivity contribution in [1.82, 2.24) is 10.2 Å². The molecule has 0 aliphatic carbocycles. The predicted octanol–water partition coefficient (Wildman–Crippen LogP) is 2.69. The Morgan fingerprint density at radius 2 is 2.06 bits per heavy atom.